The van der Waals surface area contributed by atoms with Gasteiger partial charge in [0.15, 0.2) is 6.23 Å². The molecule has 1 N–H and O–H groups in total. The lowest BCUT2D eigenvalue weighted by Crippen LogP contribution is -2.61. The molecule has 2 aromatic carbocycles. The number of piperazine rings is 1. The molecule has 2 aromatic rings. The van der Waals surface area contributed by atoms with Crippen molar-refractivity contribution in [2.45, 2.75) is 25.1 Å². The number of likely N-dealkylation sites (N-methyl/N-ethyl adjacent to an activating group) is 1. The first kappa shape index (κ1) is 21.5. The van der Waals surface area contributed by atoms with Gasteiger partial charge in [0.2, 0.25) is 0 Å². The van der Waals surface area contributed by atoms with E-state index in [9.17, 15) is 18.0 Å². The van der Waals surface area contributed by atoms with Gasteiger partial charge in [0, 0.05) is 38.2 Å². The van der Waals surface area contributed by atoms with Crippen molar-refractivity contribution >= 4 is 5.91 Å². The second kappa shape index (κ2) is 8.76. The van der Waals surface area contributed by atoms with Crippen molar-refractivity contribution in [1.29, 1.82) is 0 Å². The summed E-state index contributed by atoms with van der Waals surface area (Å²) in [5.74, 6) is 0.0746. The molecule has 1 amide bonds. The average Bonchev–Trinajstić information content (AvgIpc) is 2.73. The number of amides is 1. The van der Waals surface area contributed by atoms with Crippen molar-refractivity contribution < 1.29 is 27.4 Å². The molecule has 2 aliphatic rings. The van der Waals surface area contributed by atoms with Crippen LogP contribution in [0, 0.1) is 0 Å². The normalized spacial score (nSPS) is 22.3. The molecule has 31 heavy (non-hydrogen) atoms. The van der Waals surface area contributed by atoms with Crippen LogP contribution in [0.3, 0.4) is 0 Å². The highest BCUT2D eigenvalue weighted by Crippen LogP contribution is 2.30. The van der Waals surface area contributed by atoms with Crippen LogP contribution in [0.2, 0.25) is 0 Å². The molecule has 9 heteroatoms. The summed E-state index contributed by atoms with van der Waals surface area (Å²) in [5.41, 5.74) is 1.26. The van der Waals surface area contributed by atoms with E-state index in [0.717, 1.165) is 49.6 Å². The molecule has 166 valence electrons. The van der Waals surface area contributed by atoms with Gasteiger partial charge in [-0.2, -0.15) is 0 Å². The summed E-state index contributed by atoms with van der Waals surface area (Å²) < 4.78 is 47.2. The number of para-hydroxylation sites is 1. The van der Waals surface area contributed by atoms with Gasteiger partial charge in [-0.05, 0) is 42.9 Å². The van der Waals surface area contributed by atoms with Crippen LogP contribution in [0.5, 0.6) is 11.5 Å². The first-order valence-corrected chi connectivity index (χ1v) is 10.1. The third-order valence-corrected chi connectivity index (χ3v) is 5.57. The van der Waals surface area contributed by atoms with E-state index < -0.39 is 6.36 Å². The van der Waals surface area contributed by atoms with E-state index in [2.05, 4.69) is 26.9 Å². The van der Waals surface area contributed by atoms with Crippen molar-refractivity contribution in [2.24, 2.45) is 0 Å². The number of hydrogen-bond donors (Lipinski definition) is 1. The summed E-state index contributed by atoms with van der Waals surface area (Å²) in [5, 5.41) is 3.02. The van der Waals surface area contributed by atoms with Crippen molar-refractivity contribution in [3.05, 3.63) is 59.7 Å². The maximum atomic E-state index is 12.8. The van der Waals surface area contributed by atoms with Crippen LogP contribution >= 0.6 is 0 Å². The maximum absolute atomic E-state index is 12.8. The molecular weight excluding hydrogens is 411 g/mol. The highest BCUT2D eigenvalue weighted by molar-refractivity contribution is 5.94. The van der Waals surface area contributed by atoms with E-state index in [-0.39, 0.29) is 29.5 Å². The number of fused-ring (bicyclic) bond motifs is 1. The van der Waals surface area contributed by atoms with Gasteiger partial charge in [0.1, 0.15) is 11.5 Å². The first-order valence-electron chi connectivity index (χ1n) is 10.1. The lowest BCUT2D eigenvalue weighted by atomic mass is 9.99. The zero-order chi connectivity index (χ0) is 22.0. The zero-order valence-corrected chi connectivity index (χ0v) is 17.1. The monoisotopic (exact) mass is 435 g/mol. The number of carbonyl (C=O) groups is 1. The summed E-state index contributed by atoms with van der Waals surface area (Å²) in [7, 11) is 2.07. The number of ether oxygens (including phenoxy) is 2. The highest BCUT2D eigenvalue weighted by Gasteiger charge is 2.36. The lowest BCUT2D eigenvalue weighted by molar-refractivity contribution is -0.274. The summed E-state index contributed by atoms with van der Waals surface area (Å²) in [6, 6.07) is 12.3. The minimum Gasteiger partial charge on any atom is -0.473 e. The number of hydrogen-bond acceptors (Lipinski definition) is 5. The van der Waals surface area contributed by atoms with Crippen LogP contribution in [0.15, 0.2) is 48.5 Å². The first-order chi connectivity index (χ1) is 14.8. The minimum atomic E-state index is -4.77. The second-order valence-corrected chi connectivity index (χ2v) is 7.81. The molecule has 0 radical (unpaired) electrons. The number of halogens is 3. The Kier molecular flexibility index (Phi) is 6.06. The SMILES string of the molecule is CN1CCN([C@H]2Oc3ccccc3C[C@@H]2NC(=O)c2ccc(OC(F)(F)F)cc2)CC1. The number of benzene rings is 2. The average molecular weight is 435 g/mol. The van der Waals surface area contributed by atoms with Gasteiger partial charge in [0.25, 0.3) is 5.91 Å². The molecule has 1 saturated heterocycles. The van der Waals surface area contributed by atoms with Crippen molar-refractivity contribution in [1.82, 2.24) is 15.1 Å². The number of rotatable bonds is 4. The molecule has 1 fully saturated rings. The summed E-state index contributed by atoms with van der Waals surface area (Å²) >= 11 is 0. The summed E-state index contributed by atoms with van der Waals surface area (Å²) in [6.45, 7) is 3.45. The van der Waals surface area contributed by atoms with Gasteiger partial charge in [0.05, 0.1) is 6.04 Å². The van der Waals surface area contributed by atoms with Gasteiger partial charge in [-0.25, -0.2) is 0 Å². The molecule has 0 bridgehead atoms. The molecule has 4 rings (SSSR count). The third kappa shape index (κ3) is 5.29. The zero-order valence-electron chi connectivity index (χ0n) is 17.1. The Hall–Kier alpha value is -2.78. The van der Waals surface area contributed by atoms with E-state index >= 15 is 0 Å². The van der Waals surface area contributed by atoms with Gasteiger partial charge in [-0.1, -0.05) is 18.2 Å². The Morgan fingerprint density at radius 3 is 2.42 bits per heavy atom. The van der Waals surface area contributed by atoms with E-state index in [1.165, 1.54) is 12.1 Å². The third-order valence-electron chi connectivity index (χ3n) is 5.57. The Labute approximate surface area is 178 Å². The fourth-order valence-corrected chi connectivity index (χ4v) is 3.92. The summed E-state index contributed by atoms with van der Waals surface area (Å²) in [4.78, 5) is 17.3. The predicted molar refractivity (Wildman–Crippen MR) is 108 cm³/mol. The predicted octanol–water partition coefficient (Wildman–Crippen LogP) is 2.89. The molecule has 0 spiro atoms. The number of carbonyl (C=O) groups excluding carboxylic acids is 1. The minimum absolute atomic E-state index is 0.255. The number of alkyl halides is 3. The van der Waals surface area contributed by atoms with Crippen LogP contribution in [-0.2, 0) is 6.42 Å². The Morgan fingerprint density at radius 2 is 1.74 bits per heavy atom. The van der Waals surface area contributed by atoms with Crippen LogP contribution in [0.1, 0.15) is 15.9 Å². The summed E-state index contributed by atoms with van der Waals surface area (Å²) in [6.07, 6.45) is -4.49. The molecular formula is C22H24F3N3O3. The quantitative estimate of drug-likeness (QED) is 0.801. The van der Waals surface area contributed by atoms with Crippen LogP contribution in [-0.4, -0.2) is 67.6 Å². The van der Waals surface area contributed by atoms with Gasteiger partial charge >= 0.3 is 6.36 Å². The van der Waals surface area contributed by atoms with E-state index in [1.807, 2.05) is 24.3 Å². The van der Waals surface area contributed by atoms with Gasteiger partial charge in [-0.15, -0.1) is 13.2 Å². The van der Waals surface area contributed by atoms with E-state index in [0.29, 0.717) is 6.42 Å². The lowest BCUT2D eigenvalue weighted by Gasteiger charge is -2.43. The Balaban J connectivity index is 1.49. The van der Waals surface area contributed by atoms with E-state index in [4.69, 9.17) is 4.74 Å². The van der Waals surface area contributed by atoms with Crippen LogP contribution in [0.4, 0.5) is 13.2 Å². The fraction of sp³-hybridized carbons (Fsp3) is 0.409. The van der Waals surface area contributed by atoms with Gasteiger partial charge in [-0.3, -0.25) is 9.69 Å². The maximum Gasteiger partial charge on any atom is 0.573 e. The van der Waals surface area contributed by atoms with Crippen molar-refractivity contribution in [2.75, 3.05) is 33.2 Å². The largest absolute Gasteiger partial charge is 0.573 e. The van der Waals surface area contributed by atoms with Crippen LogP contribution < -0.4 is 14.8 Å². The van der Waals surface area contributed by atoms with Crippen LogP contribution in [0.25, 0.3) is 0 Å². The molecule has 2 heterocycles. The molecule has 2 aliphatic heterocycles. The fourth-order valence-electron chi connectivity index (χ4n) is 3.92. The standard InChI is InChI=1S/C22H24F3N3O3/c1-27-10-12-28(13-11-27)21-18(14-16-4-2-3-5-19(16)30-21)26-20(29)15-6-8-17(9-7-15)31-22(23,24)25/h2-9,18,21H,10-14H2,1H3,(H,26,29)/t18-,21-/m0/s1. The molecule has 0 aromatic heterocycles. The topological polar surface area (TPSA) is 54.0 Å². The molecule has 0 unspecified atom stereocenters. The molecule has 0 saturated carbocycles. The molecule has 6 nitrogen and oxygen atoms in total. The van der Waals surface area contributed by atoms with Crippen molar-refractivity contribution in [3.8, 4) is 11.5 Å². The highest BCUT2D eigenvalue weighted by atomic mass is 19.4. The molecule has 0 aliphatic carbocycles. The number of nitrogens with zero attached hydrogens (tertiary/aromatic N) is 2. The number of nitrogens with one attached hydrogen (secondary N) is 1. The van der Waals surface area contributed by atoms with Crippen molar-refractivity contribution in [3.63, 3.8) is 0 Å². The Bertz CT molecular complexity index is 912. The Morgan fingerprint density at radius 1 is 1.06 bits per heavy atom. The second-order valence-electron chi connectivity index (χ2n) is 7.81. The van der Waals surface area contributed by atoms with E-state index in [1.54, 1.807) is 0 Å². The smallest absolute Gasteiger partial charge is 0.473 e. The van der Waals surface area contributed by atoms with Gasteiger partial charge < -0.3 is 19.7 Å². The molecule has 2 atom stereocenters.